The van der Waals surface area contributed by atoms with Gasteiger partial charge in [0.15, 0.2) is 5.96 Å². The molecule has 1 N–H and O–H groups in total. The Hall–Kier alpha value is -0.100. The summed E-state index contributed by atoms with van der Waals surface area (Å²) in [6.45, 7) is 0.604. The van der Waals surface area contributed by atoms with Gasteiger partial charge in [-0.25, -0.2) is 13.1 Å². The molecule has 6 nitrogen and oxygen atoms in total. The number of halogens is 2. The number of rotatable bonds is 5. The van der Waals surface area contributed by atoms with Crippen LogP contribution in [0, 0.1) is 0 Å². The van der Waals surface area contributed by atoms with Gasteiger partial charge < -0.3 is 9.80 Å². The third kappa shape index (κ3) is 6.68. The molecule has 1 rings (SSSR count). The molecule has 0 saturated heterocycles. The molecule has 0 fully saturated rings. The molecule has 1 aromatic rings. The Morgan fingerprint density at radius 3 is 2.29 bits per heavy atom. The third-order valence-electron chi connectivity index (χ3n) is 2.27. The van der Waals surface area contributed by atoms with Crippen molar-refractivity contribution in [3.8, 4) is 0 Å². The van der Waals surface area contributed by atoms with Crippen LogP contribution in [0.15, 0.2) is 21.3 Å². The van der Waals surface area contributed by atoms with Gasteiger partial charge in [0.25, 0.3) is 0 Å². The fourth-order valence-electron chi connectivity index (χ4n) is 1.53. The van der Waals surface area contributed by atoms with Crippen molar-refractivity contribution in [3.05, 3.63) is 16.5 Å². The summed E-state index contributed by atoms with van der Waals surface area (Å²) in [6.07, 6.45) is 0. The van der Waals surface area contributed by atoms with Gasteiger partial charge in [-0.3, -0.25) is 4.99 Å². The lowest BCUT2D eigenvalue weighted by Crippen LogP contribution is -2.36. The SMILES string of the molecule is CN(C)C(=NCCNS(=O)(=O)c1ccc(Cl)s1)N(C)C.I. The van der Waals surface area contributed by atoms with Gasteiger partial charge in [-0.05, 0) is 12.1 Å². The van der Waals surface area contributed by atoms with Crippen molar-refractivity contribution in [3.63, 3.8) is 0 Å². The van der Waals surface area contributed by atoms with E-state index in [9.17, 15) is 8.42 Å². The Morgan fingerprint density at radius 1 is 1.29 bits per heavy atom. The largest absolute Gasteiger partial charge is 0.349 e. The molecule has 122 valence electrons. The molecular weight excluding hydrogens is 447 g/mol. The van der Waals surface area contributed by atoms with E-state index in [1.807, 2.05) is 38.0 Å². The number of guanidine groups is 1. The highest BCUT2D eigenvalue weighted by Gasteiger charge is 2.15. The lowest BCUT2D eigenvalue weighted by molar-refractivity contribution is 0.479. The van der Waals surface area contributed by atoms with Crippen LogP contribution in [0.2, 0.25) is 4.34 Å². The molecule has 1 heterocycles. The second-order valence-electron chi connectivity index (χ2n) is 4.43. The van der Waals surface area contributed by atoms with Crippen molar-refractivity contribution in [1.29, 1.82) is 0 Å². The van der Waals surface area contributed by atoms with Crippen molar-refractivity contribution in [2.75, 3.05) is 41.3 Å². The van der Waals surface area contributed by atoms with Gasteiger partial charge in [0, 0.05) is 34.7 Å². The second kappa shape index (κ2) is 9.13. The van der Waals surface area contributed by atoms with Crippen LogP contribution in [0.3, 0.4) is 0 Å². The molecule has 0 atom stereocenters. The van der Waals surface area contributed by atoms with Crippen molar-refractivity contribution in [1.82, 2.24) is 14.5 Å². The van der Waals surface area contributed by atoms with E-state index < -0.39 is 10.0 Å². The standard InChI is InChI=1S/C11H19ClN4O2S2.HI/c1-15(2)11(16(3)4)13-7-8-14-20(17,18)10-6-5-9(12)19-10;/h5-6,14H,7-8H2,1-4H3;1H. The molecule has 0 aromatic carbocycles. The Kier molecular flexibility index (Phi) is 9.09. The van der Waals surface area contributed by atoms with Gasteiger partial charge in [-0.1, -0.05) is 11.6 Å². The zero-order valence-electron chi connectivity index (χ0n) is 12.3. The summed E-state index contributed by atoms with van der Waals surface area (Å²) in [5.41, 5.74) is 0. The highest BCUT2D eigenvalue weighted by Crippen LogP contribution is 2.25. The molecule has 0 aliphatic rings. The Balaban J connectivity index is 0.00000400. The van der Waals surface area contributed by atoms with Crippen LogP contribution in [0.5, 0.6) is 0 Å². The first kappa shape index (κ1) is 20.9. The van der Waals surface area contributed by atoms with Crippen molar-refractivity contribution in [2.24, 2.45) is 4.99 Å². The first-order chi connectivity index (χ1) is 9.24. The van der Waals surface area contributed by atoms with E-state index in [1.54, 1.807) is 6.07 Å². The van der Waals surface area contributed by atoms with Crippen LogP contribution in [-0.2, 0) is 10.0 Å². The van der Waals surface area contributed by atoms with Gasteiger partial charge in [0.2, 0.25) is 10.0 Å². The van der Waals surface area contributed by atoms with Crippen LogP contribution < -0.4 is 4.72 Å². The minimum atomic E-state index is -3.49. The van der Waals surface area contributed by atoms with E-state index in [-0.39, 0.29) is 34.7 Å². The summed E-state index contributed by atoms with van der Waals surface area (Å²) in [4.78, 5) is 8.08. The van der Waals surface area contributed by atoms with Gasteiger partial charge >= 0.3 is 0 Å². The molecule has 0 unspecified atom stereocenters. The maximum absolute atomic E-state index is 11.9. The van der Waals surface area contributed by atoms with Gasteiger partial charge in [0.1, 0.15) is 4.21 Å². The van der Waals surface area contributed by atoms with Gasteiger partial charge in [-0.15, -0.1) is 35.3 Å². The molecule has 1 aromatic heterocycles. The van der Waals surface area contributed by atoms with Crippen LogP contribution in [0.4, 0.5) is 0 Å². The zero-order valence-corrected chi connectivity index (χ0v) is 17.0. The summed E-state index contributed by atoms with van der Waals surface area (Å²) in [6, 6.07) is 3.05. The quantitative estimate of drug-likeness (QED) is 0.311. The predicted octanol–water partition coefficient (Wildman–Crippen LogP) is 1.78. The van der Waals surface area contributed by atoms with E-state index in [0.29, 0.717) is 10.9 Å². The lowest BCUT2D eigenvalue weighted by atomic mass is 10.6. The molecule has 0 radical (unpaired) electrons. The number of hydrogen-bond acceptors (Lipinski definition) is 4. The van der Waals surface area contributed by atoms with Crippen molar-refractivity contribution < 1.29 is 8.42 Å². The maximum Gasteiger partial charge on any atom is 0.250 e. The summed E-state index contributed by atoms with van der Waals surface area (Å²) in [5, 5.41) is 0. The van der Waals surface area contributed by atoms with E-state index in [1.165, 1.54) is 6.07 Å². The number of nitrogens with zero attached hydrogens (tertiary/aromatic N) is 3. The average molecular weight is 467 g/mol. The summed E-state index contributed by atoms with van der Waals surface area (Å²) >= 11 is 6.76. The van der Waals surface area contributed by atoms with E-state index in [0.717, 1.165) is 17.3 Å². The first-order valence-corrected chi connectivity index (χ1v) is 8.56. The minimum absolute atomic E-state index is 0. The maximum atomic E-state index is 11.9. The molecular formula is C11H20ClIN4O2S2. The topological polar surface area (TPSA) is 65.0 Å². The summed E-state index contributed by atoms with van der Waals surface area (Å²) in [5.74, 6) is 0.781. The van der Waals surface area contributed by atoms with Crippen LogP contribution in [0.25, 0.3) is 0 Å². The third-order valence-corrected chi connectivity index (χ3v) is 5.45. The van der Waals surface area contributed by atoms with E-state index in [2.05, 4.69) is 9.71 Å². The van der Waals surface area contributed by atoms with Crippen LogP contribution in [-0.4, -0.2) is 65.5 Å². The highest BCUT2D eigenvalue weighted by molar-refractivity contribution is 14.0. The minimum Gasteiger partial charge on any atom is -0.349 e. The first-order valence-electron chi connectivity index (χ1n) is 5.88. The Morgan fingerprint density at radius 2 is 1.86 bits per heavy atom. The number of sulfonamides is 1. The number of thiophene rings is 1. The number of nitrogens with one attached hydrogen (secondary N) is 1. The fraction of sp³-hybridized carbons (Fsp3) is 0.545. The molecule has 10 heteroatoms. The highest BCUT2D eigenvalue weighted by atomic mass is 127. The second-order valence-corrected chi connectivity index (χ2v) is 8.14. The molecule has 0 saturated carbocycles. The number of aliphatic imine (C=N–C) groups is 1. The Labute approximate surface area is 152 Å². The van der Waals surface area contributed by atoms with Crippen LogP contribution in [0.1, 0.15) is 0 Å². The monoisotopic (exact) mass is 466 g/mol. The predicted molar refractivity (Wildman–Crippen MR) is 99.6 cm³/mol. The smallest absolute Gasteiger partial charge is 0.250 e. The normalized spacial score (nSPS) is 10.7. The molecule has 0 aliphatic heterocycles. The number of hydrogen-bond donors (Lipinski definition) is 1. The van der Waals surface area contributed by atoms with Crippen LogP contribution >= 0.6 is 46.9 Å². The summed E-state index contributed by atoms with van der Waals surface area (Å²) < 4.78 is 27.0. The molecule has 21 heavy (non-hydrogen) atoms. The molecule has 0 amide bonds. The fourth-order valence-corrected chi connectivity index (χ4v) is 4.08. The van der Waals surface area contributed by atoms with E-state index >= 15 is 0 Å². The summed E-state index contributed by atoms with van der Waals surface area (Å²) in [7, 11) is 4.05. The molecule has 0 aliphatic carbocycles. The Bertz CT molecular complexity index is 563. The molecule has 0 spiro atoms. The molecule has 0 bridgehead atoms. The van der Waals surface area contributed by atoms with E-state index in [4.69, 9.17) is 11.6 Å². The van der Waals surface area contributed by atoms with Gasteiger partial charge in [0.05, 0.1) is 10.9 Å². The van der Waals surface area contributed by atoms with Crippen molar-refractivity contribution >= 4 is 62.9 Å². The van der Waals surface area contributed by atoms with Crippen molar-refractivity contribution in [2.45, 2.75) is 4.21 Å². The zero-order chi connectivity index (χ0) is 15.3. The lowest BCUT2D eigenvalue weighted by Gasteiger charge is -2.22. The average Bonchev–Trinajstić information content (AvgIpc) is 2.75. The van der Waals surface area contributed by atoms with Gasteiger partial charge in [-0.2, -0.15) is 0 Å².